The van der Waals surface area contributed by atoms with Gasteiger partial charge in [-0.25, -0.2) is 4.79 Å². The molecule has 0 aromatic rings. The normalized spacial score (nSPS) is 12.8. The molecule has 19 heavy (non-hydrogen) atoms. The van der Waals surface area contributed by atoms with E-state index >= 15 is 0 Å². The number of ether oxygens (including phenoxy) is 1. The van der Waals surface area contributed by atoms with E-state index in [9.17, 15) is 4.79 Å². The molecule has 0 heterocycles. The van der Waals surface area contributed by atoms with E-state index in [2.05, 4.69) is 13.8 Å². The first-order valence-corrected chi connectivity index (χ1v) is 7.88. The summed E-state index contributed by atoms with van der Waals surface area (Å²) < 4.78 is 5.19. The van der Waals surface area contributed by atoms with Crippen LogP contribution in [0.4, 0.5) is 0 Å². The van der Waals surface area contributed by atoms with Crippen molar-refractivity contribution >= 4 is 5.97 Å². The molecule has 3 heteroatoms. The van der Waals surface area contributed by atoms with Gasteiger partial charge in [-0.05, 0) is 19.3 Å². The van der Waals surface area contributed by atoms with Crippen LogP contribution in [0.25, 0.3) is 0 Å². The van der Waals surface area contributed by atoms with Gasteiger partial charge in [-0.1, -0.05) is 65.2 Å². The fourth-order valence-electron chi connectivity index (χ4n) is 2.05. The zero-order chi connectivity index (χ0) is 14.5. The Hall–Kier alpha value is -0.570. The van der Waals surface area contributed by atoms with Crippen molar-refractivity contribution in [3.05, 3.63) is 0 Å². The molecule has 0 fully saturated rings. The highest BCUT2D eigenvalue weighted by atomic mass is 16.5. The first-order chi connectivity index (χ1) is 9.04. The second-order valence-corrected chi connectivity index (χ2v) is 5.86. The first-order valence-electron chi connectivity index (χ1n) is 7.88. The highest BCUT2D eigenvalue weighted by Gasteiger charge is 2.09. The van der Waals surface area contributed by atoms with Crippen molar-refractivity contribution in [1.82, 2.24) is 0 Å². The van der Waals surface area contributed by atoms with Crippen LogP contribution in [0.1, 0.15) is 78.6 Å². The molecule has 0 bridgehead atoms. The van der Waals surface area contributed by atoms with Gasteiger partial charge in [0.25, 0.3) is 0 Å². The molecule has 0 spiro atoms. The molecule has 0 rings (SSSR count). The van der Waals surface area contributed by atoms with E-state index in [0.29, 0.717) is 6.61 Å². The number of unbranched alkanes of at least 4 members (excludes halogenated alkanes) is 7. The SMILES string of the molecule is CC(C)CCCCCCCCCCOC(C)C(=O)O. The number of hydrogen-bond acceptors (Lipinski definition) is 2. The lowest BCUT2D eigenvalue weighted by Crippen LogP contribution is -2.20. The highest BCUT2D eigenvalue weighted by Crippen LogP contribution is 2.12. The number of carbonyl (C=O) groups is 1. The predicted molar refractivity (Wildman–Crippen MR) is 79.4 cm³/mol. The monoisotopic (exact) mass is 272 g/mol. The van der Waals surface area contributed by atoms with E-state index in [1.54, 1.807) is 6.92 Å². The Morgan fingerprint density at radius 1 is 0.895 bits per heavy atom. The summed E-state index contributed by atoms with van der Waals surface area (Å²) in [6, 6.07) is 0. The van der Waals surface area contributed by atoms with Gasteiger partial charge in [0, 0.05) is 6.61 Å². The number of carboxylic acid groups (broad SMARTS) is 1. The molecule has 114 valence electrons. The lowest BCUT2D eigenvalue weighted by atomic mass is 10.0. The minimum atomic E-state index is -0.874. The van der Waals surface area contributed by atoms with Crippen molar-refractivity contribution in [2.24, 2.45) is 5.92 Å². The lowest BCUT2D eigenvalue weighted by molar-refractivity contribution is -0.149. The number of hydrogen-bond donors (Lipinski definition) is 1. The molecule has 0 aliphatic heterocycles. The molecule has 0 aliphatic rings. The molecular weight excluding hydrogens is 240 g/mol. The van der Waals surface area contributed by atoms with Crippen LogP contribution in [-0.2, 0) is 9.53 Å². The molecule has 3 nitrogen and oxygen atoms in total. The fourth-order valence-corrected chi connectivity index (χ4v) is 2.05. The molecule has 0 saturated carbocycles. The van der Waals surface area contributed by atoms with Crippen LogP contribution in [0.5, 0.6) is 0 Å². The molecule has 0 saturated heterocycles. The lowest BCUT2D eigenvalue weighted by Gasteiger charge is -2.08. The quantitative estimate of drug-likeness (QED) is 0.497. The predicted octanol–water partition coefficient (Wildman–Crippen LogP) is 4.64. The molecule has 1 N–H and O–H groups in total. The van der Waals surface area contributed by atoms with Crippen molar-refractivity contribution in [3.63, 3.8) is 0 Å². The van der Waals surface area contributed by atoms with Gasteiger partial charge in [-0.3, -0.25) is 0 Å². The number of aliphatic carboxylic acids is 1. The Kier molecular flexibility index (Phi) is 12.1. The molecule has 0 aliphatic carbocycles. The largest absolute Gasteiger partial charge is 0.479 e. The van der Waals surface area contributed by atoms with Gasteiger partial charge < -0.3 is 9.84 Å². The molecule has 0 aromatic carbocycles. The third-order valence-corrected chi connectivity index (χ3v) is 3.39. The second-order valence-electron chi connectivity index (χ2n) is 5.86. The number of carboxylic acids is 1. The Morgan fingerprint density at radius 3 is 1.84 bits per heavy atom. The second kappa shape index (κ2) is 12.5. The zero-order valence-corrected chi connectivity index (χ0v) is 13.0. The van der Waals surface area contributed by atoms with Crippen LogP contribution < -0.4 is 0 Å². The Bertz CT molecular complexity index is 214. The summed E-state index contributed by atoms with van der Waals surface area (Å²) in [4.78, 5) is 10.5. The molecular formula is C16H32O3. The maximum absolute atomic E-state index is 10.5. The zero-order valence-electron chi connectivity index (χ0n) is 13.0. The summed E-state index contributed by atoms with van der Waals surface area (Å²) in [6.45, 7) is 6.72. The van der Waals surface area contributed by atoms with Crippen LogP contribution in [0.3, 0.4) is 0 Å². The maximum Gasteiger partial charge on any atom is 0.332 e. The van der Waals surface area contributed by atoms with Crippen LogP contribution in [0, 0.1) is 5.92 Å². The van der Waals surface area contributed by atoms with E-state index in [0.717, 1.165) is 18.8 Å². The molecule has 1 atom stereocenters. The minimum Gasteiger partial charge on any atom is -0.479 e. The van der Waals surface area contributed by atoms with Crippen molar-refractivity contribution < 1.29 is 14.6 Å². The van der Waals surface area contributed by atoms with E-state index in [-0.39, 0.29) is 0 Å². The Balaban J connectivity index is 3.09. The molecule has 0 amide bonds. The summed E-state index contributed by atoms with van der Waals surface area (Å²) in [5.41, 5.74) is 0. The molecule has 0 radical (unpaired) electrons. The summed E-state index contributed by atoms with van der Waals surface area (Å²) >= 11 is 0. The number of rotatable bonds is 13. The topological polar surface area (TPSA) is 46.5 Å². The minimum absolute atomic E-state index is 0.571. The van der Waals surface area contributed by atoms with Crippen LogP contribution in [0.2, 0.25) is 0 Å². The average Bonchev–Trinajstić information content (AvgIpc) is 2.35. The van der Waals surface area contributed by atoms with Crippen molar-refractivity contribution in [1.29, 1.82) is 0 Å². The van der Waals surface area contributed by atoms with Gasteiger partial charge in [0.05, 0.1) is 0 Å². The maximum atomic E-state index is 10.5. The highest BCUT2D eigenvalue weighted by molar-refractivity contribution is 5.71. The summed E-state index contributed by atoms with van der Waals surface area (Å²) in [6.07, 6.45) is 10.8. The van der Waals surface area contributed by atoms with Gasteiger partial charge in [0.1, 0.15) is 0 Å². The standard InChI is InChI=1S/C16H32O3/c1-14(2)12-10-8-6-4-5-7-9-11-13-19-15(3)16(17)18/h14-15H,4-13H2,1-3H3,(H,17,18). The van der Waals surface area contributed by atoms with E-state index in [1.165, 1.54) is 44.9 Å². The van der Waals surface area contributed by atoms with E-state index in [4.69, 9.17) is 9.84 Å². The molecule has 1 unspecified atom stereocenters. The van der Waals surface area contributed by atoms with Gasteiger partial charge in [0.15, 0.2) is 6.10 Å². The third kappa shape index (κ3) is 13.7. The fraction of sp³-hybridized carbons (Fsp3) is 0.938. The van der Waals surface area contributed by atoms with E-state index in [1.807, 2.05) is 0 Å². The third-order valence-electron chi connectivity index (χ3n) is 3.39. The van der Waals surface area contributed by atoms with Gasteiger partial charge in [-0.15, -0.1) is 0 Å². The summed E-state index contributed by atoms with van der Waals surface area (Å²) in [7, 11) is 0. The van der Waals surface area contributed by atoms with Crippen molar-refractivity contribution in [3.8, 4) is 0 Å². The van der Waals surface area contributed by atoms with Gasteiger partial charge in [0.2, 0.25) is 0 Å². The van der Waals surface area contributed by atoms with Crippen molar-refractivity contribution in [2.75, 3.05) is 6.61 Å². The smallest absolute Gasteiger partial charge is 0.332 e. The van der Waals surface area contributed by atoms with Gasteiger partial charge >= 0.3 is 5.97 Å². The van der Waals surface area contributed by atoms with Crippen LogP contribution >= 0.6 is 0 Å². The molecule has 0 aromatic heterocycles. The van der Waals surface area contributed by atoms with E-state index < -0.39 is 12.1 Å². The summed E-state index contributed by atoms with van der Waals surface area (Å²) in [5.74, 6) is -0.0328. The summed E-state index contributed by atoms with van der Waals surface area (Å²) in [5, 5.41) is 8.63. The first kappa shape index (κ1) is 18.4. The van der Waals surface area contributed by atoms with Crippen molar-refractivity contribution in [2.45, 2.75) is 84.7 Å². The van der Waals surface area contributed by atoms with Crippen LogP contribution in [0.15, 0.2) is 0 Å². The Morgan fingerprint density at radius 2 is 1.37 bits per heavy atom. The van der Waals surface area contributed by atoms with Crippen LogP contribution in [-0.4, -0.2) is 23.8 Å². The average molecular weight is 272 g/mol. The Labute approximate surface area is 118 Å². The van der Waals surface area contributed by atoms with Gasteiger partial charge in [-0.2, -0.15) is 0 Å².